The highest BCUT2D eigenvalue weighted by Crippen LogP contribution is 2.34. The van der Waals surface area contributed by atoms with Gasteiger partial charge in [-0.1, -0.05) is 25.1 Å². The predicted octanol–water partition coefficient (Wildman–Crippen LogP) is 3.98. The first-order chi connectivity index (χ1) is 16.9. The molecule has 11 heteroatoms. The highest BCUT2D eigenvalue weighted by atomic mass is 32.2. The summed E-state index contributed by atoms with van der Waals surface area (Å²) in [5, 5.41) is 16.5. The van der Waals surface area contributed by atoms with Gasteiger partial charge in [0.1, 0.15) is 0 Å². The molecule has 0 spiro atoms. The maximum Gasteiger partial charge on any atom is 0.315 e. The van der Waals surface area contributed by atoms with E-state index in [0.29, 0.717) is 30.2 Å². The maximum atomic E-state index is 13.0. The van der Waals surface area contributed by atoms with Crippen LogP contribution in [0, 0.1) is 0 Å². The number of allylic oxidation sites excluding steroid dienone is 1. The fraction of sp³-hybridized carbons (Fsp3) is 0.375. The van der Waals surface area contributed by atoms with Crippen LogP contribution in [-0.2, 0) is 16.1 Å². The minimum Gasteiger partial charge on any atom is -0.481 e. The second kappa shape index (κ2) is 13.1. The van der Waals surface area contributed by atoms with E-state index in [0.717, 1.165) is 16.2 Å². The molecule has 0 aliphatic carbocycles. The third-order valence-corrected chi connectivity index (χ3v) is 6.88. The standard InChI is InChI=1S/C24H29N3O6S2/c1-3-5-17(34-2)13-27(14-18-6-4-9-35-18)22(28)12-25-24(31)26-19(11-23(29)30)16-7-8-20-21(10-16)33-15-32-20/h4-10,19H,3,11-15H2,1-2H3,(H,29,30)(H2,25,26,31)/b17-5-. The summed E-state index contributed by atoms with van der Waals surface area (Å²) < 4.78 is 10.6. The number of hydrogen-bond acceptors (Lipinski definition) is 7. The van der Waals surface area contributed by atoms with Gasteiger partial charge in [0.15, 0.2) is 11.5 Å². The molecular weight excluding hydrogens is 490 g/mol. The molecule has 0 radical (unpaired) electrons. The van der Waals surface area contributed by atoms with Crippen molar-refractivity contribution in [2.45, 2.75) is 32.4 Å². The summed E-state index contributed by atoms with van der Waals surface area (Å²) in [5.74, 6) is -0.254. The van der Waals surface area contributed by atoms with Crippen molar-refractivity contribution in [2.24, 2.45) is 0 Å². The fourth-order valence-electron chi connectivity index (χ4n) is 3.48. The van der Waals surface area contributed by atoms with E-state index in [1.54, 1.807) is 46.2 Å². The number of amides is 3. The second-order valence-corrected chi connectivity index (χ2v) is 9.67. The molecule has 1 atom stereocenters. The first-order valence-electron chi connectivity index (χ1n) is 11.1. The number of carbonyl (C=O) groups is 3. The lowest BCUT2D eigenvalue weighted by molar-refractivity contribution is -0.137. The van der Waals surface area contributed by atoms with Crippen LogP contribution in [0.3, 0.4) is 0 Å². The van der Waals surface area contributed by atoms with Crippen LogP contribution in [-0.4, -0.2) is 54.1 Å². The smallest absolute Gasteiger partial charge is 0.315 e. The summed E-state index contributed by atoms with van der Waals surface area (Å²) in [6, 6.07) is 7.46. The topological polar surface area (TPSA) is 117 Å². The van der Waals surface area contributed by atoms with Crippen molar-refractivity contribution in [2.75, 3.05) is 26.1 Å². The number of hydrogen-bond donors (Lipinski definition) is 3. The van der Waals surface area contributed by atoms with Crippen molar-refractivity contribution in [3.8, 4) is 11.5 Å². The van der Waals surface area contributed by atoms with E-state index in [2.05, 4.69) is 16.7 Å². The average molecular weight is 520 g/mol. The molecular formula is C24H29N3O6S2. The summed E-state index contributed by atoms with van der Waals surface area (Å²) >= 11 is 3.16. The molecule has 3 N–H and O–H groups in total. The van der Waals surface area contributed by atoms with Crippen LogP contribution < -0.4 is 20.1 Å². The Morgan fingerprint density at radius 3 is 2.74 bits per heavy atom. The number of nitrogens with zero attached hydrogens (tertiary/aromatic N) is 1. The SMILES string of the molecule is CC/C=C(/CN(Cc1cccs1)C(=O)CNC(=O)NC(CC(=O)O)c1ccc2c(c1)OCO2)SC. The first kappa shape index (κ1) is 26.4. The van der Waals surface area contributed by atoms with Gasteiger partial charge in [-0.15, -0.1) is 23.1 Å². The quantitative estimate of drug-likeness (QED) is 0.388. The lowest BCUT2D eigenvalue weighted by Crippen LogP contribution is -2.45. The first-order valence-corrected chi connectivity index (χ1v) is 13.2. The molecule has 0 bridgehead atoms. The minimum atomic E-state index is -1.07. The van der Waals surface area contributed by atoms with Crippen molar-refractivity contribution >= 4 is 41.0 Å². The third-order valence-electron chi connectivity index (χ3n) is 5.20. The normalized spacial score (nSPS) is 13.3. The lowest BCUT2D eigenvalue weighted by Gasteiger charge is -2.24. The van der Waals surface area contributed by atoms with Gasteiger partial charge in [0.05, 0.1) is 32.1 Å². The number of nitrogens with one attached hydrogen (secondary N) is 2. The number of thioether (sulfide) groups is 1. The van der Waals surface area contributed by atoms with E-state index in [9.17, 15) is 19.5 Å². The summed E-state index contributed by atoms with van der Waals surface area (Å²) in [7, 11) is 0. The number of thiophene rings is 1. The monoisotopic (exact) mass is 519 g/mol. The largest absolute Gasteiger partial charge is 0.481 e. The number of urea groups is 1. The third kappa shape index (κ3) is 7.93. The Labute approximate surface area is 212 Å². The second-order valence-electron chi connectivity index (χ2n) is 7.70. The number of ether oxygens (including phenoxy) is 2. The molecule has 1 aliphatic rings. The summed E-state index contributed by atoms with van der Waals surface area (Å²) in [5.41, 5.74) is 0.562. The molecule has 2 aromatic rings. The molecule has 35 heavy (non-hydrogen) atoms. The van der Waals surface area contributed by atoms with Crippen LogP contribution in [0.1, 0.15) is 36.2 Å². The Hall–Kier alpha value is -3.18. The molecule has 1 aliphatic heterocycles. The van der Waals surface area contributed by atoms with Gasteiger partial charge in [0.2, 0.25) is 12.7 Å². The van der Waals surface area contributed by atoms with Crippen LogP contribution in [0.25, 0.3) is 0 Å². The summed E-state index contributed by atoms with van der Waals surface area (Å²) in [6.45, 7) is 2.81. The highest BCUT2D eigenvalue weighted by Gasteiger charge is 2.23. The van der Waals surface area contributed by atoms with Crippen LogP contribution >= 0.6 is 23.1 Å². The van der Waals surface area contributed by atoms with Gasteiger partial charge in [-0.25, -0.2) is 4.79 Å². The summed E-state index contributed by atoms with van der Waals surface area (Å²) in [6.07, 6.45) is 4.59. The average Bonchev–Trinajstić information content (AvgIpc) is 3.52. The Balaban J connectivity index is 1.63. The minimum absolute atomic E-state index is 0.0894. The fourth-order valence-corrected chi connectivity index (χ4v) is 4.82. The van der Waals surface area contributed by atoms with Crippen LogP contribution in [0.15, 0.2) is 46.7 Å². The molecule has 0 saturated carbocycles. The molecule has 3 rings (SSSR count). The molecule has 188 valence electrons. The zero-order valence-electron chi connectivity index (χ0n) is 19.6. The Morgan fingerprint density at radius 2 is 2.06 bits per heavy atom. The van der Waals surface area contributed by atoms with Gasteiger partial charge in [0.25, 0.3) is 0 Å². The van der Waals surface area contributed by atoms with E-state index in [4.69, 9.17) is 9.47 Å². The molecule has 3 amide bonds. The number of benzene rings is 1. The zero-order valence-corrected chi connectivity index (χ0v) is 21.2. The van der Waals surface area contributed by atoms with Crippen LogP contribution in [0.4, 0.5) is 4.79 Å². The molecule has 1 aromatic carbocycles. The van der Waals surface area contributed by atoms with Crippen LogP contribution in [0.2, 0.25) is 0 Å². The zero-order chi connectivity index (χ0) is 25.2. The Morgan fingerprint density at radius 1 is 1.26 bits per heavy atom. The molecule has 1 aromatic heterocycles. The van der Waals surface area contributed by atoms with Gasteiger partial charge in [-0.3, -0.25) is 9.59 Å². The number of rotatable bonds is 12. The van der Waals surface area contributed by atoms with E-state index < -0.39 is 18.0 Å². The number of carbonyl (C=O) groups excluding carboxylic acids is 2. The lowest BCUT2D eigenvalue weighted by atomic mass is 10.0. The Bertz CT molecular complexity index is 1060. The van der Waals surface area contributed by atoms with Gasteiger partial charge in [-0.2, -0.15) is 0 Å². The van der Waals surface area contributed by atoms with E-state index in [-0.39, 0.29) is 25.7 Å². The number of carboxylic acid groups (broad SMARTS) is 1. The Kier molecular flexibility index (Phi) is 9.86. The van der Waals surface area contributed by atoms with Gasteiger partial charge in [-0.05, 0) is 46.7 Å². The van der Waals surface area contributed by atoms with Gasteiger partial charge in [0, 0.05) is 4.88 Å². The van der Waals surface area contributed by atoms with Crippen molar-refractivity contribution in [3.63, 3.8) is 0 Å². The maximum absolute atomic E-state index is 13.0. The highest BCUT2D eigenvalue weighted by molar-refractivity contribution is 8.02. The molecule has 0 fully saturated rings. The molecule has 2 heterocycles. The molecule has 0 saturated heterocycles. The van der Waals surface area contributed by atoms with E-state index >= 15 is 0 Å². The molecule has 1 unspecified atom stereocenters. The van der Waals surface area contributed by atoms with Gasteiger partial charge >= 0.3 is 12.0 Å². The van der Waals surface area contributed by atoms with E-state index in [1.165, 1.54) is 0 Å². The van der Waals surface area contributed by atoms with Crippen molar-refractivity contribution in [1.29, 1.82) is 0 Å². The van der Waals surface area contributed by atoms with Crippen molar-refractivity contribution in [1.82, 2.24) is 15.5 Å². The van der Waals surface area contributed by atoms with E-state index in [1.807, 2.05) is 30.7 Å². The number of carboxylic acids is 1. The van der Waals surface area contributed by atoms with Crippen molar-refractivity contribution < 1.29 is 29.0 Å². The summed E-state index contributed by atoms with van der Waals surface area (Å²) in [4.78, 5) is 40.9. The number of aliphatic carboxylic acids is 1. The van der Waals surface area contributed by atoms with Gasteiger partial charge < -0.3 is 30.1 Å². The predicted molar refractivity (Wildman–Crippen MR) is 136 cm³/mol. The number of fused-ring (bicyclic) bond motifs is 1. The van der Waals surface area contributed by atoms with Crippen LogP contribution in [0.5, 0.6) is 11.5 Å². The van der Waals surface area contributed by atoms with Crippen molar-refractivity contribution in [3.05, 3.63) is 57.1 Å². The molecule has 9 nitrogen and oxygen atoms in total.